The second-order valence-corrected chi connectivity index (χ2v) is 6.62. The fourth-order valence-corrected chi connectivity index (χ4v) is 3.13. The third-order valence-electron chi connectivity index (χ3n) is 4.66. The smallest absolute Gasteiger partial charge is 0.277 e. The lowest BCUT2D eigenvalue weighted by Crippen LogP contribution is -2.22. The minimum Gasteiger partial charge on any atom is -0.378 e. The molecule has 2 heterocycles. The Morgan fingerprint density at radius 1 is 1.00 bits per heavy atom. The summed E-state index contributed by atoms with van der Waals surface area (Å²) < 4.78 is 1.43. The lowest BCUT2D eigenvalue weighted by atomic mass is 10.1. The quantitative estimate of drug-likeness (QED) is 0.574. The molecule has 6 nitrogen and oxygen atoms in total. The van der Waals surface area contributed by atoms with E-state index in [2.05, 4.69) is 20.4 Å². The highest BCUT2D eigenvalue weighted by Crippen LogP contribution is 2.14. The Morgan fingerprint density at radius 2 is 1.74 bits per heavy atom. The molecule has 0 aliphatic heterocycles. The number of anilines is 1. The zero-order chi connectivity index (χ0) is 18.8. The Kier molecular flexibility index (Phi) is 4.46. The van der Waals surface area contributed by atoms with Crippen molar-refractivity contribution in [2.45, 2.75) is 26.8 Å². The Balaban J connectivity index is 1.63. The number of nitrogens with one attached hydrogen (secondary N) is 2. The monoisotopic (exact) mass is 359 g/mol. The molecule has 0 fully saturated rings. The summed E-state index contributed by atoms with van der Waals surface area (Å²) >= 11 is 0. The molecular formula is C21H21N5O. The van der Waals surface area contributed by atoms with Crippen molar-refractivity contribution in [1.29, 1.82) is 0 Å². The first kappa shape index (κ1) is 17.0. The standard InChI is InChI=1S/C21H21N5O/c1-14-8-6-7-11-18(14)22-13-19-24-21-23-15(2)17(20(27)26(21)25-19)12-16-9-4-3-5-10-16/h3-11,22H,12-13H2,1-2H3,(H,23,24,25). The molecule has 0 unspecified atom stereocenters. The highest BCUT2D eigenvalue weighted by molar-refractivity contribution is 5.50. The SMILES string of the molecule is Cc1ccccc1NCc1nc2nc(C)c(Cc3ccccc3)c(=O)n2[nH]1. The number of nitrogens with zero attached hydrogens (tertiary/aromatic N) is 3. The number of hydrogen-bond acceptors (Lipinski definition) is 4. The van der Waals surface area contributed by atoms with Crippen molar-refractivity contribution in [3.05, 3.63) is 93.2 Å². The fourth-order valence-electron chi connectivity index (χ4n) is 3.13. The molecule has 6 heteroatoms. The lowest BCUT2D eigenvalue weighted by molar-refractivity contribution is 0.832. The van der Waals surface area contributed by atoms with Crippen LogP contribution in [0.2, 0.25) is 0 Å². The van der Waals surface area contributed by atoms with Gasteiger partial charge in [-0.15, -0.1) is 0 Å². The third-order valence-corrected chi connectivity index (χ3v) is 4.66. The van der Waals surface area contributed by atoms with Crippen LogP contribution < -0.4 is 10.9 Å². The largest absolute Gasteiger partial charge is 0.378 e. The van der Waals surface area contributed by atoms with Crippen LogP contribution in [0.4, 0.5) is 5.69 Å². The number of aryl methyl sites for hydroxylation is 2. The number of benzene rings is 2. The highest BCUT2D eigenvalue weighted by Gasteiger charge is 2.13. The van der Waals surface area contributed by atoms with Crippen LogP contribution in [0.15, 0.2) is 59.4 Å². The summed E-state index contributed by atoms with van der Waals surface area (Å²) in [7, 11) is 0. The molecule has 27 heavy (non-hydrogen) atoms. The van der Waals surface area contributed by atoms with Crippen molar-refractivity contribution >= 4 is 11.5 Å². The van der Waals surface area contributed by atoms with Gasteiger partial charge in [-0.05, 0) is 31.0 Å². The number of hydrogen-bond donors (Lipinski definition) is 2. The van der Waals surface area contributed by atoms with Gasteiger partial charge in [-0.1, -0.05) is 48.5 Å². The van der Waals surface area contributed by atoms with E-state index >= 15 is 0 Å². The van der Waals surface area contributed by atoms with Gasteiger partial charge < -0.3 is 5.32 Å². The molecule has 2 aromatic carbocycles. The van der Waals surface area contributed by atoms with Crippen molar-refractivity contribution in [2.75, 3.05) is 5.32 Å². The van der Waals surface area contributed by atoms with E-state index in [9.17, 15) is 4.79 Å². The third kappa shape index (κ3) is 3.46. The van der Waals surface area contributed by atoms with Crippen LogP contribution in [0.3, 0.4) is 0 Å². The molecular weight excluding hydrogens is 338 g/mol. The van der Waals surface area contributed by atoms with E-state index in [1.165, 1.54) is 4.52 Å². The number of fused-ring (bicyclic) bond motifs is 1. The number of H-pyrrole nitrogens is 1. The van der Waals surface area contributed by atoms with Crippen LogP contribution >= 0.6 is 0 Å². The summed E-state index contributed by atoms with van der Waals surface area (Å²) in [5, 5.41) is 6.42. The van der Waals surface area contributed by atoms with E-state index in [1.807, 2.05) is 68.4 Å². The fraction of sp³-hybridized carbons (Fsp3) is 0.190. The van der Waals surface area contributed by atoms with Crippen molar-refractivity contribution in [3.63, 3.8) is 0 Å². The molecule has 0 aliphatic carbocycles. The first-order chi connectivity index (χ1) is 13.1. The maximum Gasteiger partial charge on any atom is 0.277 e. The van der Waals surface area contributed by atoms with Crippen molar-refractivity contribution in [1.82, 2.24) is 19.6 Å². The van der Waals surface area contributed by atoms with Crippen LogP contribution in [0.25, 0.3) is 5.78 Å². The van der Waals surface area contributed by atoms with Gasteiger partial charge in [-0.2, -0.15) is 9.50 Å². The highest BCUT2D eigenvalue weighted by atomic mass is 16.1. The molecule has 0 amide bonds. The summed E-state index contributed by atoms with van der Waals surface area (Å²) in [6.45, 7) is 4.40. The van der Waals surface area contributed by atoms with Gasteiger partial charge in [0.2, 0.25) is 0 Å². The van der Waals surface area contributed by atoms with Crippen molar-refractivity contribution in [3.8, 4) is 0 Å². The molecule has 4 rings (SSSR count). The molecule has 0 aliphatic rings. The summed E-state index contributed by atoms with van der Waals surface area (Å²) in [5.74, 6) is 1.06. The molecule has 0 radical (unpaired) electrons. The number of aromatic amines is 1. The molecule has 0 atom stereocenters. The number of para-hydroxylation sites is 1. The molecule has 0 spiro atoms. The van der Waals surface area contributed by atoms with Gasteiger partial charge in [0.1, 0.15) is 5.82 Å². The lowest BCUT2D eigenvalue weighted by Gasteiger charge is -2.06. The summed E-state index contributed by atoms with van der Waals surface area (Å²) in [6, 6.07) is 18.0. The second kappa shape index (κ2) is 7.07. The molecule has 2 N–H and O–H groups in total. The van der Waals surface area contributed by atoms with Crippen molar-refractivity contribution in [2.24, 2.45) is 0 Å². The Labute approximate surface area is 156 Å². The average Bonchev–Trinajstić information content (AvgIpc) is 3.08. The van der Waals surface area contributed by atoms with Gasteiger partial charge in [0.25, 0.3) is 11.3 Å². The Hall–Kier alpha value is -3.41. The van der Waals surface area contributed by atoms with Crippen LogP contribution in [0, 0.1) is 13.8 Å². The first-order valence-corrected chi connectivity index (χ1v) is 8.92. The maximum absolute atomic E-state index is 12.9. The molecule has 4 aromatic rings. The van der Waals surface area contributed by atoms with Gasteiger partial charge in [-0.3, -0.25) is 9.89 Å². The van der Waals surface area contributed by atoms with Crippen LogP contribution in [-0.2, 0) is 13.0 Å². The van der Waals surface area contributed by atoms with E-state index in [0.717, 1.165) is 16.8 Å². The Bertz CT molecular complexity index is 1140. The van der Waals surface area contributed by atoms with Gasteiger partial charge in [-0.25, -0.2) is 4.98 Å². The summed E-state index contributed by atoms with van der Waals surface area (Å²) in [4.78, 5) is 21.9. The zero-order valence-electron chi connectivity index (χ0n) is 15.4. The van der Waals surface area contributed by atoms with Gasteiger partial charge in [0.15, 0.2) is 0 Å². The topological polar surface area (TPSA) is 75.1 Å². The predicted octanol–water partition coefficient (Wildman–Crippen LogP) is 3.24. The van der Waals surface area contributed by atoms with E-state index in [0.29, 0.717) is 35.8 Å². The number of aromatic nitrogens is 4. The van der Waals surface area contributed by atoms with E-state index in [4.69, 9.17) is 0 Å². The average molecular weight is 359 g/mol. The van der Waals surface area contributed by atoms with Crippen LogP contribution in [0.1, 0.15) is 28.2 Å². The Morgan fingerprint density at radius 3 is 2.52 bits per heavy atom. The minimum atomic E-state index is -0.101. The molecule has 0 saturated carbocycles. The predicted molar refractivity (Wildman–Crippen MR) is 106 cm³/mol. The molecule has 0 saturated heterocycles. The number of rotatable bonds is 5. The van der Waals surface area contributed by atoms with Gasteiger partial charge in [0, 0.05) is 17.7 Å². The van der Waals surface area contributed by atoms with Gasteiger partial charge in [0.05, 0.1) is 12.2 Å². The maximum atomic E-state index is 12.9. The van der Waals surface area contributed by atoms with Crippen LogP contribution in [0.5, 0.6) is 0 Å². The normalized spacial score (nSPS) is 11.0. The minimum absolute atomic E-state index is 0.101. The molecule has 136 valence electrons. The zero-order valence-corrected chi connectivity index (χ0v) is 15.4. The van der Waals surface area contributed by atoms with Crippen LogP contribution in [-0.4, -0.2) is 19.6 Å². The van der Waals surface area contributed by atoms with Crippen molar-refractivity contribution < 1.29 is 0 Å². The molecule has 2 aromatic heterocycles. The van der Waals surface area contributed by atoms with E-state index in [1.54, 1.807) is 0 Å². The molecule has 0 bridgehead atoms. The summed E-state index contributed by atoms with van der Waals surface area (Å²) in [5.41, 5.74) is 4.58. The summed E-state index contributed by atoms with van der Waals surface area (Å²) in [6.07, 6.45) is 0.553. The van der Waals surface area contributed by atoms with Gasteiger partial charge >= 0.3 is 0 Å². The van der Waals surface area contributed by atoms with E-state index < -0.39 is 0 Å². The van der Waals surface area contributed by atoms with E-state index in [-0.39, 0.29) is 5.56 Å². The second-order valence-electron chi connectivity index (χ2n) is 6.62. The first-order valence-electron chi connectivity index (χ1n) is 8.92.